The van der Waals surface area contributed by atoms with Gasteiger partial charge in [0.15, 0.2) is 6.10 Å². The minimum atomic E-state index is -4.39. The quantitative estimate of drug-likeness (QED) is 0.0269. The van der Waals surface area contributed by atoms with Crippen LogP contribution in [0.5, 0.6) is 0 Å². The highest BCUT2D eigenvalue weighted by molar-refractivity contribution is 7.47. The maximum Gasteiger partial charge on any atom is 0.472 e. The van der Waals surface area contributed by atoms with Crippen LogP contribution < -0.4 is 5.73 Å². The van der Waals surface area contributed by atoms with E-state index in [0.717, 1.165) is 51.4 Å². The Morgan fingerprint density at radius 2 is 0.964 bits per heavy atom. The molecule has 0 aromatic carbocycles. The summed E-state index contributed by atoms with van der Waals surface area (Å²) in [6.45, 7) is 3.62. The first-order valence-electron chi connectivity index (χ1n) is 21.8. The molecule has 318 valence electrons. The van der Waals surface area contributed by atoms with E-state index in [2.05, 4.69) is 68.5 Å². The van der Waals surface area contributed by atoms with Crippen LogP contribution in [0.2, 0.25) is 0 Å². The predicted molar refractivity (Wildman–Crippen MR) is 229 cm³/mol. The van der Waals surface area contributed by atoms with Crippen molar-refractivity contribution in [3.05, 3.63) is 60.8 Å². The maximum atomic E-state index is 12.6. The molecule has 1 unspecified atom stereocenters. The Balaban J connectivity index is 4.26. The van der Waals surface area contributed by atoms with Crippen LogP contribution in [0.1, 0.15) is 181 Å². The van der Waals surface area contributed by atoms with Gasteiger partial charge in [0.05, 0.1) is 13.2 Å². The molecule has 55 heavy (non-hydrogen) atoms. The van der Waals surface area contributed by atoms with Crippen molar-refractivity contribution in [2.24, 2.45) is 5.73 Å². The Morgan fingerprint density at radius 3 is 1.51 bits per heavy atom. The molecule has 0 aliphatic rings. The summed E-state index contributed by atoms with van der Waals surface area (Å²) in [6.07, 6.45) is 48.3. The summed E-state index contributed by atoms with van der Waals surface area (Å²) in [6, 6.07) is 0. The standard InChI is InChI=1S/C45H80NO8P/c1-3-5-7-9-11-13-15-17-19-21-23-25-27-29-31-33-35-37-44(47)51-41-43(42-53-55(49,50)52-40-39-46)54-45(48)38-36-34-32-30-28-26-24-22-20-18-16-14-12-10-8-6-4-2/h12,14,17-20,24,26,30,32,43H,3-11,13,15-16,21-23,25,27-29,31,33-42,46H2,1-2H3,(H,49,50)/t43-/m1/s1. The number of rotatable bonds is 40. The lowest BCUT2D eigenvalue weighted by atomic mass is 10.1. The van der Waals surface area contributed by atoms with E-state index in [-0.39, 0.29) is 32.6 Å². The molecule has 0 aromatic heterocycles. The van der Waals surface area contributed by atoms with Crippen LogP contribution >= 0.6 is 7.82 Å². The molecule has 0 fully saturated rings. The van der Waals surface area contributed by atoms with Crippen molar-refractivity contribution in [2.45, 2.75) is 187 Å². The molecule has 9 nitrogen and oxygen atoms in total. The number of hydrogen-bond acceptors (Lipinski definition) is 8. The fourth-order valence-electron chi connectivity index (χ4n) is 5.62. The number of phosphoric ester groups is 1. The molecular weight excluding hydrogens is 713 g/mol. The lowest BCUT2D eigenvalue weighted by Gasteiger charge is -2.19. The van der Waals surface area contributed by atoms with Crippen LogP contribution in [0.15, 0.2) is 60.8 Å². The number of carbonyl (C=O) groups is 2. The molecule has 0 aliphatic carbocycles. The minimum Gasteiger partial charge on any atom is -0.462 e. The second kappa shape index (κ2) is 41.3. The Kier molecular flexibility index (Phi) is 39.6. The van der Waals surface area contributed by atoms with Gasteiger partial charge in [-0.1, -0.05) is 152 Å². The summed E-state index contributed by atoms with van der Waals surface area (Å²) in [4.78, 5) is 34.8. The topological polar surface area (TPSA) is 134 Å². The lowest BCUT2D eigenvalue weighted by Crippen LogP contribution is -2.29. The zero-order valence-corrected chi connectivity index (χ0v) is 35.8. The predicted octanol–water partition coefficient (Wildman–Crippen LogP) is 12.5. The van der Waals surface area contributed by atoms with Gasteiger partial charge in [-0.15, -0.1) is 0 Å². The van der Waals surface area contributed by atoms with E-state index in [9.17, 15) is 19.0 Å². The minimum absolute atomic E-state index is 0.0420. The van der Waals surface area contributed by atoms with Gasteiger partial charge >= 0.3 is 19.8 Å². The number of nitrogens with two attached hydrogens (primary N) is 1. The summed E-state index contributed by atoms with van der Waals surface area (Å²) in [5, 5.41) is 0. The molecule has 0 rings (SSSR count). The van der Waals surface area contributed by atoms with Gasteiger partial charge in [-0.25, -0.2) is 4.57 Å². The van der Waals surface area contributed by atoms with Gasteiger partial charge < -0.3 is 20.1 Å². The van der Waals surface area contributed by atoms with Crippen molar-refractivity contribution in [3.8, 4) is 0 Å². The zero-order chi connectivity index (χ0) is 40.3. The summed E-state index contributed by atoms with van der Waals surface area (Å²) < 4.78 is 32.7. The molecule has 0 radical (unpaired) electrons. The highest BCUT2D eigenvalue weighted by atomic mass is 31.2. The highest BCUT2D eigenvalue weighted by Crippen LogP contribution is 2.43. The van der Waals surface area contributed by atoms with E-state index >= 15 is 0 Å². The maximum absolute atomic E-state index is 12.6. The molecule has 0 saturated heterocycles. The number of phosphoric acid groups is 1. The van der Waals surface area contributed by atoms with Crippen LogP contribution in [0.4, 0.5) is 0 Å². The van der Waals surface area contributed by atoms with Gasteiger partial charge in [0, 0.05) is 19.4 Å². The first-order valence-corrected chi connectivity index (χ1v) is 23.3. The van der Waals surface area contributed by atoms with Crippen molar-refractivity contribution in [1.29, 1.82) is 0 Å². The van der Waals surface area contributed by atoms with Crippen LogP contribution in [0, 0.1) is 0 Å². The van der Waals surface area contributed by atoms with Gasteiger partial charge in [0.1, 0.15) is 6.61 Å². The number of carbonyl (C=O) groups excluding carboxylic acids is 2. The largest absolute Gasteiger partial charge is 0.472 e. The Morgan fingerprint density at radius 1 is 0.545 bits per heavy atom. The van der Waals surface area contributed by atoms with Gasteiger partial charge in [-0.3, -0.25) is 18.6 Å². The number of esters is 2. The van der Waals surface area contributed by atoms with Crippen LogP contribution in [0.3, 0.4) is 0 Å². The van der Waals surface area contributed by atoms with E-state index in [1.165, 1.54) is 89.9 Å². The van der Waals surface area contributed by atoms with E-state index < -0.39 is 32.5 Å². The molecule has 0 saturated carbocycles. The van der Waals surface area contributed by atoms with Gasteiger partial charge in [0.2, 0.25) is 0 Å². The SMILES string of the molecule is CCCCCC=CCC=CCC=CCC=CCCCC(=O)O[C@H](COC(=O)CCCCCCCCCC=CCCCCCCCC)COP(=O)(O)OCCN. The van der Waals surface area contributed by atoms with E-state index in [0.29, 0.717) is 12.8 Å². The van der Waals surface area contributed by atoms with Crippen molar-refractivity contribution in [3.63, 3.8) is 0 Å². The number of ether oxygens (including phenoxy) is 2. The molecule has 0 bridgehead atoms. The van der Waals surface area contributed by atoms with E-state index in [1.807, 2.05) is 6.08 Å². The second-order valence-corrected chi connectivity index (χ2v) is 15.7. The molecule has 0 spiro atoms. The number of allylic oxidation sites excluding steroid dienone is 10. The average Bonchev–Trinajstić information content (AvgIpc) is 3.17. The van der Waals surface area contributed by atoms with Crippen molar-refractivity contribution in [1.82, 2.24) is 0 Å². The molecule has 0 amide bonds. The van der Waals surface area contributed by atoms with E-state index in [1.54, 1.807) is 0 Å². The molecular formula is C45H80NO8P. The summed E-state index contributed by atoms with van der Waals surface area (Å²) in [7, 11) is -4.39. The lowest BCUT2D eigenvalue weighted by molar-refractivity contribution is -0.161. The van der Waals surface area contributed by atoms with E-state index in [4.69, 9.17) is 24.3 Å². The first kappa shape index (κ1) is 52.7. The molecule has 3 N–H and O–H groups in total. The normalized spacial score (nSPS) is 13.9. The van der Waals surface area contributed by atoms with Crippen molar-refractivity contribution in [2.75, 3.05) is 26.4 Å². The Hall–Kier alpha value is -2.29. The monoisotopic (exact) mass is 794 g/mol. The third-order valence-corrected chi connectivity index (χ3v) is 9.86. The Bertz CT molecular complexity index is 1090. The van der Waals surface area contributed by atoms with Crippen LogP contribution in [-0.4, -0.2) is 49.3 Å². The zero-order valence-electron chi connectivity index (χ0n) is 34.9. The molecule has 10 heteroatoms. The third-order valence-electron chi connectivity index (χ3n) is 8.88. The highest BCUT2D eigenvalue weighted by Gasteiger charge is 2.25. The van der Waals surface area contributed by atoms with Crippen molar-refractivity contribution >= 4 is 19.8 Å². The average molecular weight is 794 g/mol. The van der Waals surface area contributed by atoms with Gasteiger partial charge in [-0.05, 0) is 77.0 Å². The van der Waals surface area contributed by atoms with Gasteiger partial charge in [0.25, 0.3) is 0 Å². The van der Waals surface area contributed by atoms with Crippen LogP contribution in [-0.2, 0) is 32.7 Å². The molecule has 2 atom stereocenters. The van der Waals surface area contributed by atoms with Gasteiger partial charge in [-0.2, -0.15) is 0 Å². The number of hydrogen-bond donors (Lipinski definition) is 2. The third kappa shape index (κ3) is 41.2. The first-order chi connectivity index (χ1) is 26.8. The van der Waals surface area contributed by atoms with Crippen LogP contribution in [0.25, 0.3) is 0 Å². The molecule has 0 aliphatic heterocycles. The molecule has 0 aromatic rings. The summed E-state index contributed by atoms with van der Waals surface area (Å²) >= 11 is 0. The van der Waals surface area contributed by atoms with Crippen molar-refractivity contribution < 1.29 is 37.6 Å². The fraction of sp³-hybridized carbons (Fsp3) is 0.733. The molecule has 0 heterocycles. The summed E-state index contributed by atoms with van der Waals surface area (Å²) in [5.74, 6) is -0.902. The summed E-state index contributed by atoms with van der Waals surface area (Å²) in [5.41, 5.74) is 5.34. The number of unbranched alkanes of at least 4 members (excludes halogenated alkanes) is 17. The fourth-order valence-corrected chi connectivity index (χ4v) is 6.39. The Labute approximate surface area is 336 Å². The smallest absolute Gasteiger partial charge is 0.462 e. The second-order valence-electron chi connectivity index (χ2n) is 14.2.